The van der Waals surface area contributed by atoms with Gasteiger partial charge in [0.25, 0.3) is 0 Å². The van der Waals surface area contributed by atoms with Crippen LogP contribution in [0.25, 0.3) is 0 Å². The van der Waals surface area contributed by atoms with Crippen LogP contribution in [0.2, 0.25) is 0 Å². The second-order valence-electron chi connectivity index (χ2n) is 2.95. The van der Waals surface area contributed by atoms with E-state index in [0.29, 0.717) is 0 Å². The summed E-state index contributed by atoms with van der Waals surface area (Å²) in [7, 11) is 0. The molecular weight excluding hydrogens is 184 g/mol. The first-order valence-corrected chi connectivity index (χ1v) is 5.65. The Balaban J connectivity index is 2.65. The standard InChI is InChI=1S/C9H14N2OS/c1-8-6-10-9(12)11(7-8)4-3-5-13-2/h6-7H,3-5H2,1-2H3. The molecule has 1 aromatic heterocycles. The lowest BCUT2D eigenvalue weighted by molar-refractivity contribution is 0.636. The second-order valence-corrected chi connectivity index (χ2v) is 3.94. The van der Waals surface area contributed by atoms with Crippen LogP contribution in [0.4, 0.5) is 0 Å². The molecule has 13 heavy (non-hydrogen) atoms. The Morgan fingerprint density at radius 3 is 3.08 bits per heavy atom. The summed E-state index contributed by atoms with van der Waals surface area (Å²) in [5.74, 6) is 1.08. The van der Waals surface area contributed by atoms with E-state index in [9.17, 15) is 4.79 Å². The normalized spacial score (nSPS) is 10.3. The molecule has 0 aromatic carbocycles. The van der Waals surface area contributed by atoms with Crippen LogP contribution in [0.5, 0.6) is 0 Å². The van der Waals surface area contributed by atoms with Gasteiger partial charge in [0.05, 0.1) is 0 Å². The third-order valence-electron chi connectivity index (χ3n) is 1.73. The summed E-state index contributed by atoms with van der Waals surface area (Å²) in [5.41, 5.74) is 0.885. The first kappa shape index (κ1) is 10.3. The van der Waals surface area contributed by atoms with Gasteiger partial charge in [-0.2, -0.15) is 11.8 Å². The highest BCUT2D eigenvalue weighted by Crippen LogP contribution is 1.97. The quantitative estimate of drug-likeness (QED) is 0.684. The molecule has 0 bridgehead atoms. The van der Waals surface area contributed by atoms with Gasteiger partial charge in [-0.25, -0.2) is 9.78 Å². The van der Waals surface area contributed by atoms with Crippen molar-refractivity contribution in [2.45, 2.75) is 19.9 Å². The monoisotopic (exact) mass is 198 g/mol. The fourth-order valence-corrected chi connectivity index (χ4v) is 1.52. The third-order valence-corrected chi connectivity index (χ3v) is 2.43. The molecule has 0 aliphatic carbocycles. The molecule has 4 heteroatoms. The van der Waals surface area contributed by atoms with Gasteiger partial charge < -0.3 is 0 Å². The van der Waals surface area contributed by atoms with Crippen molar-refractivity contribution < 1.29 is 0 Å². The van der Waals surface area contributed by atoms with E-state index in [1.807, 2.05) is 13.1 Å². The van der Waals surface area contributed by atoms with E-state index in [2.05, 4.69) is 11.2 Å². The van der Waals surface area contributed by atoms with Gasteiger partial charge in [0, 0.05) is 18.9 Å². The highest BCUT2D eigenvalue weighted by atomic mass is 32.2. The number of hydrogen-bond acceptors (Lipinski definition) is 3. The second kappa shape index (κ2) is 5.07. The first-order valence-electron chi connectivity index (χ1n) is 4.26. The van der Waals surface area contributed by atoms with Crippen molar-refractivity contribution in [2.24, 2.45) is 0 Å². The van der Waals surface area contributed by atoms with E-state index in [4.69, 9.17) is 0 Å². The van der Waals surface area contributed by atoms with E-state index >= 15 is 0 Å². The highest BCUT2D eigenvalue weighted by Gasteiger charge is 1.96. The summed E-state index contributed by atoms with van der Waals surface area (Å²) in [6.07, 6.45) is 6.55. The van der Waals surface area contributed by atoms with Crippen LogP contribution >= 0.6 is 11.8 Å². The largest absolute Gasteiger partial charge is 0.347 e. The van der Waals surface area contributed by atoms with Crippen LogP contribution < -0.4 is 5.69 Å². The molecular formula is C9H14N2OS. The average Bonchev–Trinajstić information content (AvgIpc) is 2.11. The highest BCUT2D eigenvalue weighted by molar-refractivity contribution is 7.98. The van der Waals surface area contributed by atoms with Crippen molar-refractivity contribution in [2.75, 3.05) is 12.0 Å². The Morgan fingerprint density at radius 2 is 2.38 bits per heavy atom. The minimum atomic E-state index is -0.147. The summed E-state index contributed by atoms with van der Waals surface area (Å²) in [6.45, 7) is 2.71. The zero-order chi connectivity index (χ0) is 9.68. The predicted octanol–water partition coefficient (Wildman–Crippen LogP) is 1.30. The summed E-state index contributed by atoms with van der Waals surface area (Å²) in [4.78, 5) is 15.0. The number of nitrogens with zero attached hydrogens (tertiary/aromatic N) is 2. The molecule has 0 saturated heterocycles. The minimum absolute atomic E-state index is 0.147. The molecule has 0 spiro atoms. The van der Waals surface area contributed by atoms with Crippen molar-refractivity contribution in [3.63, 3.8) is 0 Å². The number of aromatic nitrogens is 2. The van der Waals surface area contributed by atoms with Gasteiger partial charge in [-0.05, 0) is 30.9 Å². The van der Waals surface area contributed by atoms with Crippen LogP contribution in [0.1, 0.15) is 12.0 Å². The van der Waals surface area contributed by atoms with E-state index in [0.717, 1.165) is 24.3 Å². The number of aryl methyl sites for hydroxylation is 2. The molecule has 0 fully saturated rings. The molecule has 1 heterocycles. The summed E-state index contributed by atoms with van der Waals surface area (Å²) in [5, 5.41) is 0. The van der Waals surface area contributed by atoms with Gasteiger partial charge in [-0.1, -0.05) is 0 Å². The van der Waals surface area contributed by atoms with Crippen LogP contribution in [0, 0.1) is 6.92 Å². The molecule has 72 valence electrons. The van der Waals surface area contributed by atoms with Gasteiger partial charge in [0.2, 0.25) is 0 Å². The average molecular weight is 198 g/mol. The van der Waals surface area contributed by atoms with Crippen LogP contribution in [0.15, 0.2) is 17.2 Å². The molecule has 1 aromatic rings. The smallest absolute Gasteiger partial charge is 0.299 e. The zero-order valence-corrected chi connectivity index (χ0v) is 8.80. The summed E-state index contributed by atoms with van der Waals surface area (Å²) in [6, 6.07) is 0. The molecule has 0 aliphatic heterocycles. The van der Waals surface area contributed by atoms with Gasteiger partial charge >= 0.3 is 5.69 Å². The molecule has 0 atom stereocenters. The molecule has 0 amide bonds. The number of rotatable bonds is 4. The molecule has 1 rings (SSSR count). The molecule has 0 saturated carbocycles. The van der Waals surface area contributed by atoms with E-state index < -0.39 is 0 Å². The molecule has 3 nitrogen and oxygen atoms in total. The number of hydrogen-bond donors (Lipinski definition) is 0. The van der Waals surface area contributed by atoms with Crippen molar-refractivity contribution in [1.29, 1.82) is 0 Å². The van der Waals surface area contributed by atoms with Gasteiger partial charge in [-0.15, -0.1) is 0 Å². The van der Waals surface area contributed by atoms with Gasteiger partial charge in [-0.3, -0.25) is 4.57 Å². The topological polar surface area (TPSA) is 34.9 Å². The van der Waals surface area contributed by atoms with Gasteiger partial charge in [0.15, 0.2) is 0 Å². The van der Waals surface area contributed by atoms with Crippen LogP contribution in [-0.2, 0) is 6.54 Å². The first-order chi connectivity index (χ1) is 6.24. The van der Waals surface area contributed by atoms with Crippen molar-refractivity contribution in [1.82, 2.24) is 9.55 Å². The van der Waals surface area contributed by atoms with Crippen molar-refractivity contribution in [3.05, 3.63) is 28.4 Å². The van der Waals surface area contributed by atoms with Crippen LogP contribution in [0.3, 0.4) is 0 Å². The fraction of sp³-hybridized carbons (Fsp3) is 0.556. The lowest BCUT2D eigenvalue weighted by Gasteiger charge is -2.03. The Morgan fingerprint density at radius 1 is 1.62 bits per heavy atom. The Kier molecular flexibility index (Phi) is 4.02. The van der Waals surface area contributed by atoms with Gasteiger partial charge in [0.1, 0.15) is 0 Å². The third kappa shape index (κ3) is 3.22. The SMILES string of the molecule is CSCCCn1cc(C)cnc1=O. The zero-order valence-electron chi connectivity index (χ0n) is 7.99. The molecule has 0 aliphatic rings. The summed E-state index contributed by atoms with van der Waals surface area (Å²) >= 11 is 1.80. The number of thioether (sulfide) groups is 1. The fourth-order valence-electron chi connectivity index (χ4n) is 1.10. The maximum Gasteiger partial charge on any atom is 0.347 e. The van der Waals surface area contributed by atoms with Crippen molar-refractivity contribution >= 4 is 11.8 Å². The maximum absolute atomic E-state index is 11.2. The summed E-state index contributed by atoms with van der Waals surface area (Å²) < 4.78 is 1.67. The van der Waals surface area contributed by atoms with E-state index in [1.165, 1.54) is 0 Å². The lowest BCUT2D eigenvalue weighted by atomic mass is 10.4. The van der Waals surface area contributed by atoms with E-state index in [-0.39, 0.29) is 5.69 Å². The van der Waals surface area contributed by atoms with Crippen LogP contribution in [-0.4, -0.2) is 21.6 Å². The van der Waals surface area contributed by atoms with E-state index in [1.54, 1.807) is 22.5 Å². The molecule has 0 unspecified atom stereocenters. The molecule has 0 N–H and O–H groups in total. The maximum atomic E-state index is 11.2. The molecule has 0 radical (unpaired) electrons. The van der Waals surface area contributed by atoms with Crippen molar-refractivity contribution in [3.8, 4) is 0 Å². The lowest BCUT2D eigenvalue weighted by Crippen LogP contribution is -2.22. The predicted molar refractivity (Wildman–Crippen MR) is 56.2 cm³/mol. The Hall–Kier alpha value is -0.770. The minimum Gasteiger partial charge on any atom is -0.299 e. The Labute approximate surface area is 82.2 Å². The Bertz CT molecular complexity index is 322.